The third-order valence-corrected chi connectivity index (χ3v) is 4.42. The van der Waals surface area contributed by atoms with Gasteiger partial charge in [0.25, 0.3) is 0 Å². The van der Waals surface area contributed by atoms with E-state index in [4.69, 9.17) is 9.47 Å². The van der Waals surface area contributed by atoms with Gasteiger partial charge in [0.2, 0.25) is 6.08 Å². The van der Waals surface area contributed by atoms with Gasteiger partial charge in [-0.2, -0.15) is 0 Å². The number of amides is 1. The molecule has 0 bridgehead atoms. The number of rotatable bonds is 9. The molecule has 1 fully saturated rings. The Balaban J connectivity index is 2.35. The Morgan fingerprint density at radius 3 is 2.67 bits per heavy atom. The van der Waals surface area contributed by atoms with Gasteiger partial charge in [-0.3, -0.25) is 0 Å². The Morgan fingerprint density at radius 1 is 1.25 bits per heavy atom. The van der Waals surface area contributed by atoms with Crippen LogP contribution in [0.3, 0.4) is 0 Å². The normalized spacial score (nSPS) is 25.6. The van der Waals surface area contributed by atoms with Gasteiger partial charge in [0.15, 0.2) is 0 Å². The topological polar surface area (TPSA) is 77.0 Å². The zero-order chi connectivity index (χ0) is 18.1. The molecule has 1 saturated carbocycles. The Labute approximate surface area is 145 Å². The Hall–Kier alpha value is -1.39. The number of hydrogen-bond acceptors (Lipinski definition) is 5. The van der Waals surface area contributed by atoms with E-state index in [1.54, 1.807) is 6.08 Å². The highest BCUT2D eigenvalue weighted by Gasteiger charge is 2.41. The average Bonchev–Trinajstić information content (AvgIpc) is 2.47. The largest absolute Gasteiger partial charge is 0.447 e. The number of aliphatic imine (C=N–C) groups is 1. The molecular formula is C18H32N2O4. The van der Waals surface area contributed by atoms with E-state index < -0.39 is 6.09 Å². The van der Waals surface area contributed by atoms with Crippen LogP contribution in [0.1, 0.15) is 59.8 Å². The number of unbranched alkanes of at least 4 members (excludes halogenated alkanes) is 1. The molecule has 6 heteroatoms. The van der Waals surface area contributed by atoms with Gasteiger partial charge >= 0.3 is 6.09 Å². The quantitative estimate of drug-likeness (QED) is 0.396. The first-order chi connectivity index (χ1) is 11.3. The smallest absolute Gasteiger partial charge is 0.407 e. The standard InChI is InChI=1S/C18H32N2O4/c1-5-6-7-23-8-9-24-16(22)19-13-18(4)11-15(20-14-21)10-17(2,3)12-18/h15H,5-13H2,1-4H3,(H,19,22)/t15-,18-/m0/s1. The second-order valence-electron chi connectivity index (χ2n) is 7.89. The van der Waals surface area contributed by atoms with E-state index in [1.807, 2.05) is 0 Å². The maximum Gasteiger partial charge on any atom is 0.407 e. The van der Waals surface area contributed by atoms with Crippen molar-refractivity contribution in [2.45, 2.75) is 65.8 Å². The van der Waals surface area contributed by atoms with Gasteiger partial charge in [0.05, 0.1) is 12.6 Å². The zero-order valence-corrected chi connectivity index (χ0v) is 15.5. The monoisotopic (exact) mass is 340 g/mol. The fourth-order valence-electron chi connectivity index (χ4n) is 3.76. The van der Waals surface area contributed by atoms with E-state index in [0.717, 1.165) is 32.1 Å². The van der Waals surface area contributed by atoms with E-state index in [0.29, 0.717) is 19.8 Å². The highest BCUT2D eigenvalue weighted by Crippen LogP contribution is 2.46. The van der Waals surface area contributed by atoms with E-state index in [2.05, 4.69) is 38.0 Å². The first kappa shape index (κ1) is 20.7. The summed E-state index contributed by atoms with van der Waals surface area (Å²) in [5, 5.41) is 2.84. The van der Waals surface area contributed by atoms with Crippen LogP contribution in [0.2, 0.25) is 0 Å². The van der Waals surface area contributed by atoms with Crippen LogP contribution in [0.15, 0.2) is 4.99 Å². The Kier molecular flexibility index (Phi) is 8.43. The molecule has 1 rings (SSSR count). The molecule has 0 heterocycles. The molecule has 1 N–H and O–H groups in total. The van der Waals surface area contributed by atoms with Crippen LogP contribution in [0, 0.1) is 10.8 Å². The minimum atomic E-state index is -0.422. The molecule has 0 spiro atoms. The molecule has 1 aliphatic rings. The highest BCUT2D eigenvalue weighted by molar-refractivity contribution is 5.67. The molecule has 138 valence electrons. The summed E-state index contributed by atoms with van der Waals surface area (Å²) in [7, 11) is 0. The van der Waals surface area contributed by atoms with Gasteiger partial charge in [-0.25, -0.2) is 14.6 Å². The minimum Gasteiger partial charge on any atom is -0.447 e. The number of ether oxygens (including phenoxy) is 2. The summed E-state index contributed by atoms with van der Waals surface area (Å²) in [4.78, 5) is 26.3. The number of carbonyl (C=O) groups excluding carboxylic acids is 2. The molecule has 1 aliphatic carbocycles. The fraction of sp³-hybridized carbons (Fsp3) is 0.889. The maximum atomic E-state index is 11.8. The predicted molar refractivity (Wildman–Crippen MR) is 92.7 cm³/mol. The van der Waals surface area contributed by atoms with Crippen molar-refractivity contribution in [3.05, 3.63) is 0 Å². The van der Waals surface area contributed by atoms with Gasteiger partial charge in [-0.15, -0.1) is 0 Å². The van der Waals surface area contributed by atoms with Crippen molar-refractivity contribution in [2.24, 2.45) is 15.8 Å². The molecule has 24 heavy (non-hydrogen) atoms. The van der Waals surface area contributed by atoms with Gasteiger partial charge in [-0.05, 0) is 36.5 Å². The lowest BCUT2D eigenvalue weighted by molar-refractivity contribution is 0.0613. The molecule has 0 aliphatic heterocycles. The lowest BCUT2D eigenvalue weighted by Gasteiger charge is -2.45. The van der Waals surface area contributed by atoms with Crippen LogP contribution in [0.4, 0.5) is 4.79 Å². The van der Waals surface area contributed by atoms with Crippen LogP contribution >= 0.6 is 0 Å². The van der Waals surface area contributed by atoms with Gasteiger partial charge < -0.3 is 14.8 Å². The molecule has 0 aromatic carbocycles. The number of hydrogen-bond donors (Lipinski definition) is 1. The Bertz CT molecular complexity index is 446. The molecule has 0 saturated heterocycles. The van der Waals surface area contributed by atoms with Crippen LogP contribution < -0.4 is 5.32 Å². The molecule has 0 aromatic heterocycles. The van der Waals surface area contributed by atoms with Crippen molar-refractivity contribution in [2.75, 3.05) is 26.4 Å². The van der Waals surface area contributed by atoms with Crippen molar-refractivity contribution < 1.29 is 19.1 Å². The van der Waals surface area contributed by atoms with Gasteiger partial charge in [0, 0.05) is 13.2 Å². The van der Waals surface area contributed by atoms with Crippen LogP contribution in [-0.4, -0.2) is 44.6 Å². The van der Waals surface area contributed by atoms with Crippen LogP contribution in [0.5, 0.6) is 0 Å². The number of isocyanates is 1. The summed E-state index contributed by atoms with van der Waals surface area (Å²) in [5.41, 5.74) is -0.0276. The van der Waals surface area contributed by atoms with Crippen molar-refractivity contribution in [1.82, 2.24) is 5.32 Å². The van der Waals surface area contributed by atoms with Gasteiger partial charge in [-0.1, -0.05) is 34.1 Å². The van der Waals surface area contributed by atoms with Crippen LogP contribution in [-0.2, 0) is 14.3 Å². The average molecular weight is 340 g/mol. The maximum absolute atomic E-state index is 11.8. The number of nitrogens with zero attached hydrogens (tertiary/aromatic N) is 1. The molecule has 0 unspecified atom stereocenters. The molecule has 6 nitrogen and oxygen atoms in total. The first-order valence-electron chi connectivity index (χ1n) is 8.86. The lowest BCUT2D eigenvalue weighted by atomic mass is 9.63. The van der Waals surface area contributed by atoms with E-state index in [1.165, 1.54) is 0 Å². The molecule has 0 radical (unpaired) electrons. The van der Waals surface area contributed by atoms with E-state index >= 15 is 0 Å². The second kappa shape index (κ2) is 9.80. The number of carbonyl (C=O) groups is 1. The summed E-state index contributed by atoms with van der Waals surface area (Å²) in [5.74, 6) is 0. The van der Waals surface area contributed by atoms with Crippen molar-refractivity contribution in [1.29, 1.82) is 0 Å². The minimum absolute atomic E-state index is 0.0268. The summed E-state index contributed by atoms with van der Waals surface area (Å²) in [6.07, 6.45) is 5.97. The molecular weight excluding hydrogens is 308 g/mol. The van der Waals surface area contributed by atoms with Crippen molar-refractivity contribution in [3.8, 4) is 0 Å². The molecule has 1 amide bonds. The second-order valence-corrected chi connectivity index (χ2v) is 7.89. The number of nitrogens with one attached hydrogen (secondary N) is 1. The van der Waals surface area contributed by atoms with Crippen LogP contribution in [0.25, 0.3) is 0 Å². The molecule has 2 atom stereocenters. The predicted octanol–water partition coefficient (Wildman–Crippen LogP) is 3.45. The third kappa shape index (κ3) is 7.93. The van der Waals surface area contributed by atoms with E-state index in [-0.39, 0.29) is 23.5 Å². The summed E-state index contributed by atoms with van der Waals surface area (Å²) >= 11 is 0. The number of alkyl carbamates (subject to hydrolysis) is 1. The highest BCUT2D eigenvalue weighted by atomic mass is 16.6. The van der Waals surface area contributed by atoms with E-state index in [9.17, 15) is 9.59 Å². The first-order valence-corrected chi connectivity index (χ1v) is 8.86. The Morgan fingerprint density at radius 2 is 2.00 bits per heavy atom. The summed E-state index contributed by atoms with van der Waals surface area (Å²) in [6, 6.07) is -0.0268. The van der Waals surface area contributed by atoms with Crippen molar-refractivity contribution >= 4 is 12.2 Å². The van der Waals surface area contributed by atoms with Gasteiger partial charge in [0.1, 0.15) is 6.61 Å². The SMILES string of the molecule is CCCCOCCOC(=O)NC[C@@]1(C)C[C@@H](N=C=O)CC(C)(C)C1. The lowest BCUT2D eigenvalue weighted by Crippen LogP contribution is -2.45. The fourth-order valence-corrected chi connectivity index (χ4v) is 3.76. The zero-order valence-electron chi connectivity index (χ0n) is 15.5. The van der Waals surface area contributed by atoms with Crippen molar-refractivity contribution in [3.63, 3.8) is 0 Å². The third-order valence-electron chi connectivity index (χ3n) is 4.42. The summed E-state index contributed by atoms with van der Waals surface area (Å²) < 4.78 is 10.5. The summed E-state index contributed by atoms with van der Waals surface area (Å²) in [6.45, 7) is 10.5. The molecule has 0 aromatic rings.